The maximum atomic E-state index is 8.72. The average molecular weight is 101 g/mol. The van der Waals surface area contributed by atoms with Gasteiger partial charge in [-0.25, -0.2) is 0 Å². The molecule has 42 valence electrons. The van der Waals surface area contributed by atoms with E-state index in [0.29, 0.717) is 5.92 Å². The first kappa shape index (κ1) is 5.06. The summed E-state index contributed by atoms with van der Waals surface area (Å²) >= 11 is 0. The summed E-state index contributed by atoms with van der Waals surface area (Å²) in [7, 11) is 1.91. The van der Waals surface area contributed by atoms with Crippen molar-refractivity contribution < 1.29 is 5.11 Å². The van der Waals surface area contributed by atoms with Crippen LogP contribution in [-0.4, -0.2) is 24.8 Å². The van der Waals surface area contributed by atoms with E-state index in [0.717, 1.165) is 13.0 Å². The Morgan fingerprint density at radius 2 is 2.43 bits per heavy atom. The molecule has 1 aliphatic rings. The van der Waals surface area contributed by atoms with Crippen LogP contribution < -0.4 is 5.32 Å². The van der Waals surface area contributed by atoms with Gasteiger partial charge in [0.15, 0.2) is 0 Å². The van der Waals surface area contributed by atoms with Crippen molar-refractivity contribution in [3.05, 3.63) is 0 Å². The summed E-state index contributed by atoms with van der Waals surface area (Å²) in [5.41, 5.74) is 0. The van der Waals surface area contributed by atoms with E-state index in [-0.39, 0.29) is 6.10 Å². The fourth-order valence-electron chi connectivity index (χ4n) is 0.713. The molecular weight excluding hydrogens is 90.1 g/mol. The fourth-order valence-corrected chi connectivity index (χ4v) is 0.713. The number of hydrogen-bond donors (Lipinski definition) is 2. The Bertz CT molecular complexity index is 65.1. The van der Waals surface area contributed by atoms with Crippen molar-refractivity contribution in [1.29, 1.82) is 0 Å². The van der Waals surface area contributed by atoms with Gasteiger partial charge in [-0.15, -0.1) is 0 Å². The van der Waals surface area contributed by atoms with Gasteiger partial charge in [-0.3, -0.25) is 0 Å². The van der Waals surface area contributed by atoms with E-state index in [9.17, 15) is 0 Å². The molecule has 0 aromatic carbocycles. The summed E-state index contributed by atoms with van der Waals surface area (Å²) in [6.07, 6.45) is 1.01. The van der Waals surface area contributed by atoms with Crippen molar-refractivity contribution in [2.24, 2.45) is 5.92 Å². The lowest BCUT2D eigenvalue weighted by Crippen LogP contribution is -2.11. The van der Waals surface area contributed by atoms with Gasteiger partial charge in [0, 0.05) is 6.54 Å². The monoisotopic (exact) mass is 101 g/mol. The van der Waals surface area contributed by atoms with Crippen molar-refractivity contribution in [3.8, 4) is 0 Å². The van der Waals surface area contributed by atoms with Crippen molar-refractivity contribution in [2.75, 3.05) is 13.6 Å². The molecule has 0 aliphatic heterocycles. The highest BCUT2D eigenvalue weighted by Crippen LogP contribution is 2.28. The van der Waals surface area contributed by atoms with Gasteiger partial charge in [-0.2, -0.15) is 0 Å². The molecule has 0 heterocycles. The van der Waals surface area contributed by atoms with Gasteiger partial charge in [0.2, 0.25) is 0 Å². The Labute approximate surface area is 43.5 Å². The van der Waals surface area contributed by atoms with Crippen molar-refractivity contribution >= 4 is 0 Å². The molecule has 2 atom stereocenters. The minimum Gasteiger partial charge on any atom is -0.393 e. The SMILES string of the molecule is CNCC1CC1O. The van der Waals surface area contributed by atoms with Crippen LogP contribution in [0.4, 0.5) is 0 Å². The second-order valence-electron chi connectivity index (χ2n) is 2.12. The van der Waals surface area contributed by atoms with Crippen LogP contribution in [0.2, 0.25) is 0 Å². The molecule has 2 heteroatoms. The number of aliphatic hydroxyl groups excluding tert-OH is 1. The second-order valence-corrected chi connectivity index (χ2v) is 2.12. The first-order chi connectivity index (χ1) is 3.34. The number of rotatable bonds is 2. The van der Waals surface area contributed by atoms with Crippen LogP contribution in [0.25, 0.3) is 0 Å². The average Bonchev–Trinajstić information content (AvgIpc) is 2.22. The summed E-state index contributed by atoms with van der Waals surface area (Å²) in [5.74, 6) is 0.560. The Kier molecular flexibility index (Phi) is 1.30. The lowest BCUT2D eigenvalue weighted by Gasteiger charge is -1.89. The zero-order valence-corrected chi connectivity index (χ0v) is 4.52. The highest BCUT2D eigenvalue weighted by molar-refractivity contribution is 4.86. The molecule has 2 unspecified atom stereocenters. The lowest BCUT2D eigenvalue weighted by atomic mass is 10.4. The molecule has 0 saturated heterocycles. The predicted octanol–water partition coefficient (Wildman–Crippen LogP) is -0.413. The molecule has 1 aliphatic carbocycles. The van der Waals surface area contributed by atoms with Crippen LogP contribution >= 0.6 is 0 Å². The minimum atomic E-state index is 0.00690. The van der Waals surface area contributed by atoms with Crippen molar-refractivity contribution in [2.45, 2.75) is 12.5 Å². The van der Waals surface area contributed by atoms with Crippen LogP contribution in [0.5, 0.6) is 0 Å². The Balaban J connectivity index is 1.98. The molecule has 0 bridgehead atoms. The number of aliphatic hydroxyl groups is 1. The Morgan fingerprint density at radius 1 is 1.86 bits per heavy atom. The quantitative estimate of drug-likeness (QED) is 0.495. The van der Waals surface area contributed by atoms with Gasteiger partial charge < -0.3 is 10.4 Å². The smallest absolute Gasteiger partial charge is 0.0585 e. The van der Waals surface area contributed by atoms with E-state index >= 15 is 0 Å². The summed E-state index contributed by atoms with van der Waals surface area (Å²) in [6.45, 7) is 0.973. The maximum Gasteiger partial charge on any atom is 0.0585 e. The molecule has 0 amide bonds. The first-order valence-corrected chi connectivity index (χ1v) is 2.67. The molecular formula is C5H11NO. The van der Waals surface area contributed by atoms with Crippen LogP contribution in [0.1, 0.15) is 6.42 Å². The van der Waals surface area contributed by atoms with Gasteiger partial charge in [0.25, 0.3) is 0 Å². The molecule has 0 aromatic heterocycles. The van der Waals surface area contributed by atoms with Gasteiger partial charge in [-0.05, 0) is 19.4 Å². The van der Waals surface area contributed by atoms with Crippen molar-refractivity contribution in [1.82, 2.24) is 5.32 Å². The number of nitrogens with one attached hydrogen (secondary N) is 1. The third kappa shape index (κ3) is 1.14. The zero-order chi connectivity index (χ0) is 5.28. The van der Waals surface area contributed by atoms with Gasteiger partial charge >= 0.3 is 0 Å². The van der Waals surface area contributed by atoms with Crippen LogP contribution in [0, 0.1) is 5.92 Å². The molecule has 0 spiro atoms. The largest absolute Gasteiger partial charge is 0.393 e. The highest BCUT2D eigenvalue weighted by Gasteiger charge is 2.33. The third-order valence-electron chi connectivity index (χ3n) is 1.35. The third-order valence-corrected chi connectivity index (χ3v) is 1.35. The van der Waals surface area contributed by atoms with E-state index in [1.54, 1.807) is 0 Å². The zero-order valence-electron chi connectivity index (χ0n) is 4.52. The maximum absolute atomic E-state index is 8.72. The normalized spacial score (nSPS) is 38.6. The molecule has 1 saturated carbocycles. The topological polar surface area (TPSA) is 32.3 Å². The fraction of sp³-hybridized carbons (Fsp3) is 1.00. The predicted molar refractivity (Wildman–Crippen MR) is 28.0 cm³/mol. The molecule has 2 N–H and O–H groups in total. The Morgan fingerprint density at radius 3 is 2.57 bits per heavy atom. The molecule has 0 aromatic rings. The van der Waals surface area contributed by atoms with Gasteiger partial charge in [-0.1, -0.05) is 0 Å². The summed E-state index contributed by atoms with van der Waals surface area (Å²) in [5, 5.41) is 11.7. The minimum absolute atomic E-state index is 0.00690. The summed E-state index contributed by atoms with van der Waals surface area (Å²) in [6, 6.07) is 0. The molecule has 1 rings (SSSR count). The van der Waals surface area contributed by atoms with Crippen LogP contribution in [0.15, 0.2) is 0 Å². The first-order valence-electron chi connectivity index (χ1n) is 2.67. The molecule has 2 nitrogen and oxygen atoms in total. The van der Waals surface area contributed by atoms with Crippen LogP contribution in [-0.2, 0) is 0 Å². The number of hydrogen-bond acceptors (Lipinski definition) is 2. The van der Waals surface area contributed by atoms with Crippen molar-refractivity contribution in [3.63, 3.8) is 0 Å². The van der Waals surface area contributed by atoms with E-state index < -0.39 is 0 Å². The standard InChI is InChI=1S/C5H11NO/c1-6-3-4-2-5(4)7/h4-7H,2-3H2,1H3. The van der Waals surface area contributed by atoms with Crippen LogP contribution in [0.3, 0.4) is 0 Å². The molecule has 0 radical (unpaired) electrons. The molecule has 7 heavy (non-hydrogen) atoms. The van der Waals surface area contributed by atoms with Gasteiger partial charge in [0.05, 0.1) is 6.10 Å². The summed E-state index contributed by atoms with van der Waals surface area (Å²) in [4.78, 5) is 0. The van der Waals surface area contributed by atoms with E-state index in [1.807, 2.05) is 7.05 Å². The Hall–Kier alpha value is -0.0800. The van der Waals surface area contributed by atoms with E-state index in [1.165, 1.54) is 0 Å². The molecule has 1 fully saturated rings. The summed E-state index contributed by atoms with van der Waals surface area (Å²) < 4.78 is 0. The van der Waals surface area contributed by atoms with E-state index in [2.05, 4.69) is 5.32 Å². The van der Waals surface area contributed by atoms with Gasteiger partial charge in [0.1, 0.15) is 0 Å². The highest BCUT2D eigenvalue weighted by atomic mass is 16.3. The lowest BCUT2D eigenvalue weighted by molar-refractivity contribution is 0.259. The second kappa shape index (κ2) is 1.80. The van der Waals surface area contributed by atoms with E-state index in [4.69, 9.17) is 5.11 Å².